The Labute approximate surface area is 128 Å². The Bertz CT molecular complexity index is 591. The second-order valence-corrected chi connectivity index (χ2v) is 6.08. The maximum Gasteiger partial charge on any atom is 0.270 e. The smallest absolute Gasteiger partial charge is 0.270 e. The predicted octanol–water partition coefficient (Wildman–Crippen LogP) is 2.64. The molecule has 1 amide bonds. The highest BCUT2D eigenvalue weighted by Crippen LogP contribution is 2.15. The largest absolute Gasteiger partial charge is 0.376 e. The van der Waals surface area contributed by atoms with Crippen molar-refractivity contribution in [2.24, 2.45) is 0 Å². The van der Waals surface area contributed by atoms with Gasteiger partial charge in [0.25, 0.3) is 5.91 Å². The van der Waals surface area contributed by atoms with Crippen molar-refractivity contribution in [1.82, 2.24) is 10.3 Å². The van der Waals surface area contributed by atoms with Crippen molar-refractivity contribution in [3.8, 4) is 0 Å². The highest BCUT2D eigenvalue weighted by Gasteiger charge is 2.17. The molecule has 1 saturated heterocycles. The van der Waals surface area contributed by atoms with Crippen LogP contribution in [0.15, 0.2) is 35.7 Å². The molecule has 1 aromatic heterocycles. The average Bonchev–Trinajstić information content (AvgIpc) is 3.17. The predicted molar refractivity (Wildman–Crippen MR) is 82.7 cm³/mol. The van der Waals surface area contributed by atoms with E-state index in [1.807, 2.05) is 23.6 Å². The molecule has 0 bridgehead atoms. The monoisotopic (exact) mass is 302 g/mol. The summed E-state index contributed by atoms with van der Waals surface area (Å²) in [6, 6.07) is 10.2. The maximum atomic E-state index is 12.0. The number of amides is 1. The van der Waals surface area contributed by atoms with Gasteiger partial charge in [-0.3, -0.25) is 4.79 Å². The van der Waals surface area contributed by atoms with Crippen LogP contribution in [0.2, 0.25) is 0 Å². The van der Waals surface area contributed by atoms with Gasteiger partial charge in [-0.2, -0.15) is 0 Å². The standard InChI is InChI=1S/C16H18N2O2S/c19-16(17-10-13-7-4-8-20-13)14-11-21-15(18-14)9-12-5-2-1-3-6-12/h1-3,5-6,11,13H,4,7-10H2,(H,17,19)/t13-/m1/s1. The average molecular weight is 302 g/mol. The van der Waals surface area contributed by atoms with Crippen molar-refractivity contribution in [1.29, 1.82) is 0 Å². The van der Waals surface area contributed by atoms with E-state index < -0.39 is 0 Å². The lowest BCUT2D eigenvalue weighted by atomic mass is 10.2. The Balaban J connectivity index is 1.55. The summed E-state index contributed by atoms with van der Waals surface area (Å²) in [4.78, 5) is 16.5. The Hall–Kier alpha value is -1.72. The van der Waals surface area contributed by atoms with Gasteiger partial charge in [-0.1, -0.05) is 30.3 Å². The summed E-state index contributed by atoms with van der Waals surface area (Å²) in [6.45, 7) is 1.38. The fourth-order valence-corrected chi connectivity index (χ4v) is 3.18. The van der Waals surface area contributed by atoms with Crippen molar-refractivity contribution in [3.05, 3.63) is 52.0 Å². The number of carbonyl (C=O) groups excluding carboxylic acids is 1. The zero-order valence-electron chi connectivity index (χ0n) is 11.7. The van der Waals surface area contributed by atoms with Crippen LogP contribution in [-0.4, -0.2) is 30.1 Å². The third kappa shape index (κ3) is 3.89. The number of hydrogen-bond donors (Lipinski definition) is 1. The number of rotatable bonds is 5. The number of benzene rings is 1. The molecule has 0 unspecified atom stereocenters. The number of nitrogens with one attached hydrogen (secondary N) is 1. The van der Waals surface area contributed by atoms with E-state index in [0.717, 1.165) is 30.9 Å². The van der Waals surface area contributed by atoms with E-state index >= 15 is 0 Å². The van der Waals surface area contributed by atoms with E-state index in [1.54, 1.807) is 0 Å². The first-order chi connectivity index (χ1) is 10.3. The summed E-state index contributed by atoms with van der Waals surface area (Å²) in [5, 5.41) is 5.68. The SMILES string of the molecule is O=C(NC[C@H]1CCCO1)c1csc(Cc2ccccc2)n1. The molecule has 1 fully saturated rings. The summed E-state index contributed by atoms with van der Waals surface area (Å²) >= 11 is 1.53. The van der Waals surface area contributed by atoms with Crippen LogP contribution >= 0.6 is 11.3 Å². The summed E-state index contributed by atoms with van der Waals surface area (Å²) in [5.74, 6) is -0.110. The van der Waals surface area contributed by atoms with E-state index in [2.05, 4.69) is 22.4 Å². The van der Waals surface area contributed by atoms with Crippen LogP contribution in [0.4, 0.5) is 0 Å². The van der Waals surface area contributed by atoms with Crippen molar-refractivity contribution in [3.63, 3.8) is 0 Å². The zero-order valence-corrected chi connectivity index (χ0v) is 12.6. The number of ether oxygens (including phenoxy) is 1. The quantitative estimate of drug-likeness (QED) is 0.924. The highest BCUT2D eigenvalue weighted by molar-refractivity contribution is 7.09. The summed E-state index contributed by atoms with van der Waals surface area (Å²) < 4.78 is 5.49. The third-order valence-electron chi connectivity index (χ3n) is 3.50. The van der Waals surface area contributed by atoms with Crippen LogP contribution in [0.3, 0.4) is 0 Å². The molecule has 0 saturated carbocycles. The van der Waals surface area contributed by atoms with Crippen LogP contribution in [0.1, 0.15) is 33.9 Å². The van der Waals surface area contributed by atoms with Gasteiger partial charge < -0.3 is 10.1 Å². The second kappa shape index (κ2) is 6.83. The van der Waals surface area contributed by atoms with Gasteiger partial charge in [0, 0.05) is 25.0 Å². The first-order valence-electron chi connectivity index (χ1n) is 7.19. The van der Waals surface area contributed by atoms with Crippen LogP contribution in [-0.2, 0) is 11.2 Å². The van der Waals surface area contributed by atoms with Crippen molar-refractivity contribution < 1.29 is 9.53 Å². The molecule has 1 N–H and O–H groups in total. The molecule has 0 spiro atoms. The Morgan fingerprint density at radius 2 is 2.24 bits per heavy atom. The number of carbonyl (C=O) groups is 1. The molecule has 5 heteroatoms. The van der Waals surface area contributed by atoms with Gasteiger partial charge >= 0.3 is 0 Å². The lowest BCUT2D eigenvalue weighted by Crippen LogP contribution is -2.31. The van der Waals surface area contributed by atoms with E-state index in [-0.39, 0.29) is 12.0 Å². The normalized spacial score (nSPS) is 17.8. The Morgan fingerprint density at radius 3 is 3.00 bits per heavy atom. The topological polar surface area (TPSA) is 51.2 Å². The third-order valence-corrected chi connectivity index (χ3v) is 4.35. The molecule has 1 aliphatic rings. The van der Waals surface area contributed by atoms with Crippen LogP contribution < -0.4 is 5.32 Å². The number of aromatic nitrogens is 1. The number of hydrogen-bond acceptors (Lipinski definition) is 4. The first kappa shape index (κ1) is 14.2. The number of thiazole rings is 1. The Morgan fingerprint density at radius 1 is 1.38 bits per heavy atom. The molecule has 110 valence electrons. The molecule has 1 aromatic carbocycles. The van der Waals surface area contributed by atoms with Crippen molar-refractivity contribution in [2.45, 2.75) is 25.4 Å². The van der Waals surface area contributed by atoms with Gasteiger partial charge in [0.05, 0.1) is 11.1 Å². The summed E-state index contributed by atoms with van der Waals surface area (Å²) in [7, 11) is 0. The molecule has 0 aliphatic carbocycles. The lowest BCUT2D eigenvalue weighted by molar-refractivity contribution is 0.0854. The van der Waals surface area contributed by atoms with Crippen molar-refractivity contribution >= 4 is 17.2 Å². The minimum Gasteiger partial charge on any atom is -0.376 e. The van der Waals surface area contributed by atoms with Gasteiger partial charge in [-0.15, -0.1) is 11.3 Å². The highest BCUT2D eigenvalue weighted by atomic mass is 32.1. The van der Waals surface area contributed by atoms with Gasteiger partial charge in [0.2, 0.25) is 0 Å². The van der Waals surface area contributed by atoms with Gasteiger partial charge in [-0.25, -0.2) is 4.98 Å². The first-order valence-corrected chi connectivity index (χ1v) is 8.07. The number of nitrogens with zero attached hydrogens (tertiary/aromatic N) is 1. The van der Waals surface area contributed by atoms with Gasteiger partial charge in [0.15, 0.2) is 0 Å². The molecule has 1 aliphatic heterocycles. The minimum absolute atomic E-state index is 0.110. The summed E-state index contributed by atoms with van der Waals surface area (Å²) in [6.07, 6.45) is 3.04. The molecule has 1 atom stereocenters. The summed E-state index contributed by atoms with van der Waals surface area (Å²) in [5.41, 5.74) is 1.71. The molecule has 3 rings (SSSR count). The van der Waals surface area contributed by atoms with Gasteiger partial charge in [-0.05, 0) is 18.4 Å². The Kier molecular flexibility index (Phi) is 4.62. The molecule has 4 nitrogen and oxygen atoms in total. The lowest BCUT2D eigenvalue weighted by Gasteiger charge is -2.09. The van der Waals surface area contributed by atoms with Gasteiger partial charge in [0.1, 0.15) is 5.69 Å². The fourth-order valence-electron chi connectivity index (χ4n) is 2.37. The molecule has 2 aromatic rings. The minimum atomic E-state index is -0.110. The molecular formula is C16H18N2O2S. The molecular weight excluding hydrogens is 284 g/mol. The maximum absolute atomic E-state index is 12.0. The zero-order chi connectivity index (χ0) is 14.5. The van der Waals surface area contributed by atoms with E-state index in [9.17, 15) is 4.79 Å². The van der Waals surface area contributed by atoms with E-state index in [1.165, 1.54) is 16.9 Å². The van der Waals surface area contributed by atoms with Crippen LogP contribution in [0, 0.1) is 0 Å². The van der Waals surface area contributed by atoms with Crippen LogP contribution in [0.25, 0.3) is 0 Å². The van der Waals surface area contributed by atoms with E-state index in [0.29, 0.717) is 12.2 Å². The second-order valence-electron chi connectivity index (χ2n) is 5.13. The van der Waals surface area contributed by atoms with Crippen molar-refractivity contribution in [2.75, 3.05) is 13.2 Å². The molecule has 0 radical (unpaired) electrons. The van der Waals surface area contributed by atoms with Crippen LogP contribution in [0.5, 0.6) is 0 Å². The van der Waals surface area contributed by atoms with E-state index in [4.69, 9.17) is 4.74 Å². The fraction of sp³-hybridized carbons (Fsp3) is 0.375. The molecule has 21 heavy (non-hydrogen) atoms. The molecule has 2 heterocycles.